The Balaban J connectivity index is 1.65. The lowest BCUT2D eigenvalue weighted by molar-refractivity contribution is 0.199. The summed E-state index contributed by atoms with van der Waals surface area (Å²) in [5, 5.41) is 3.48. The van der Waals surface area contributed by atoms with Crippen LogP contribution in [0.3, 0.4) is 0 Å². The Hall–Kier alpha value is -1.91. The highest BCUT2D eigenvalue weighted by molar-refractivity contribution is 5.58. The molecule has 116 valence electrons. The van der Waals surface area contributed by atoms with Crippen molar-refractivity contribution in [1.29, 1.82) is 0 Å². The standard InChI is InChI=1S/C18H24N4/c1-15-13-22(11-10-19-15)14-16-8-9-18(20-12-16)21(2)17-6-4-3-5-7-17/h3-9,12,15,19H,10-11,13-14H2,1-2H3/t15-/m1/s1. The molecule has 1 N–H and O–H groups in total. The molecule has 0 radical (unpaired) electrons. The molecule has 1 atom stereocenters. The quantitative estimate of drug-likeness (QED) is 0.940. The summed E-state index contributed by atoms with van der Waals surface area (Å²) >= 11 is 0. The van der Waals surface area contributed by atoms with Gasteiger partial charge in [0.2, 0.25) is 0 Å². The van der Waals surface area contributed by atoms with Gasteiger partial charge in [-0.05, 0) is 30.7 Å². The van der Waals surface area contributed by atoms with Crippen molar-refractivity contribution >= 4 is 11.5 Å². The number of piperazine rings is 1. The molecule has 4 nitrogen and oxygen atoms in total. The first-order valence-corrected chi connectivity index (χ1v) is 7.92. The SMILES string of the molecule is C[C@@H]1CN(Cc2ccc(N(C)c3ccccc3)nc2)CCN1. The van der Waals surface area contributed by atoms with Crippen LogP contribution < -0.4 is 10.2 Å². The lowest BCUT2D eigenvalue weighted by Gasteiger charge is -2.31. The van der Waals surface area contributed by atoms with Crippen molar-refractivity contribution in [3.8, 4) is 0 Å². The largest absolute Gasteiger partial charge is 0.329 e. The highest BCUT2D eigenvalue weighted by Gasteiger charge is 2.15. The van der Waals surface area contributed by atoms with Crippen LogP contribution in [0.1, 0.15) is 12.5 Å². The number of pyridine rings is 1. The van der Waals surface area contributed by atoms with Crippen LogP contribution in [-0.2, 0) is 6.54 Å². The van der Waals surface area contributed by atoms with E-state index in [0.717, 1.165) is 37.7 Å². The van der Waals surface area contributed by atoms with E-state index in [9.17, 15) is 0 Å². The first-order chi connectivity index (χ1) is 10.7. The normalized spacial score (nSPS) is 19.1. The third-order valence-electron chi connectivity index (χ3n) is 4.16. The van der Waals surface area contributed by atoms with Crippen LogP contribution >= 0.6 is 0 Å². The maximum Gasteiger partial charge on any atom is 0.132 e. The van der Waals surface area contributed by atoms with Gasteiger partial charge in [0, 0.05) is 51.2 Å². The molecule has 0 bridgehead atoms. The molecule has 1 aliphatic rings. The lowest BCUT2D eigenvalue weighted by atomic mass is 10.2. The van der Waals surface area contributed by atoms with Gasteiger partial charge in [-0.25, -0.2) is 4.98 Å². The number of aromatic nitrogens is 1. The smallest absolute Gasteiger partial charge is 0.132 e. The zero-order chi connectivity index (χ0) is 15.4. The van der Waals surface area contributed by atoms with Gasteiger partial charge in [-0.2, -0.15) is 0 Å². The predicted octanol–water partition coefficient (Wildman–Crippen LogP) is 2.64. The zero-order valence-corrected chi connectivity index (χ0v) is 13.4. The molecule has 4 heteroatoms. The average Bonchev–Trinajstić information content (AvgIpc) is 2.56. The van der Waals surface area contributed by atoms with Crippen molar-refractivity contribution in [2.45, 2.75) is 19.5 Å². The molecular weight excluding hydrogens is 272 g/mol. The molecule has 1 aromatic carbocycles. The second kappa shape index (κ2) is 6.90. The molecule has 0 saturated carbocycles. The minimum atomic E-state index is 0.574. The Morgan fingerprint density at radius 2 is 2.05 bits per heavy atom. The second-order valence-electron chi connectivity index (χ2n) is 6.01. The number of nitrogens with zero attached hydrogens (tertiary/aromatic N) is 3. The van der Waals surface area contributed by atoms with Crippen molar-refractivity contribution < 1.29 is 0 Å². The van der Waals surface area contributed by atoms with Crippen LogP contribution in [0.4, 0.5) is 11.5 Å². The van der Waals surface area contributed by atoms with Gasteiger partial charge in [0.25, 0.3) is 0 Å². The van der Waals surface area contributed by atoms with Crippen LogP contribution in [-0.4, -0.2) is 42.6 Å². The zero-order valence-electron chi connectivity index (χ0n) is 13.4. The van der Waals surface area contributed by atoms with Gasteiger partial charge in [0.05, 0.1) is 0 Å². The third-order valence-corrected chi connectivity index (χ3v) is 4.16. The van der Waals surface area contributed by atoms with Crippen molar-refractivity contribution in [3.05, 3.63) is 54.2 Å². The summed E-state index contributed by atoms with van der Waals surface area (Å²) < 4.78 is 0. The Morgan fingerprint density at radius 1 is 1.23 bits per heavy atom. The minimum Gasteiger partial charge on any atom is -0.329 e. The fraction of sp³-hybridized carbons (Fsp3) is 0.389. The molecule has 1 aliphatic heterocycles. The van der Waals surface area contributed by atoms with Crippen LogP contribution in [0.5, 0.6) is 0 Å². The van der Waals surface area contributed by atoms with Gasteiger partial charge >= 0.3 is 0 Å². The van der Waals surface area contributed by atoms with Gasteiger partial charge in [-0.3, -0.25) is 4.90 Å². The van der Waals surface area contributed by atoms with E-state index in [2.05, 4.69) is 58.3 Å². The van der Waals surface area contributed by atoms with Gasteiger partial charge < -0.3 is 10.2 Å². The van der Waals surface area contributed by atoms with E-state index in [0.29, 0.717) is 6.04 Å². The highest BCUT2D eigenvalue weighted by Crippen LogP contribution is 2.21. The number of rotatable bonds is 4. The number of hydrogen-bond acceptors (Lipinski definition) is 4. The molecule has 22 heavy (non-hydrogen) atoms. The van der Waals surface area contributed by atoms with Crippen LogP contribution in [0.25, 0.3) is 0 Å². The van der Waals surface area contributed by atoms with Crippen molar-refractivity contribution in [3.63, 3.8) is 0 Å². The summed E-state index contributed by atoms with van der Waals surface area (Å²) in [6.45, 7) is 6.50. The maximum absolute atomic E-state index is 4.62. The van der Waals surface area contributed by atoms with Gasteiger partial charge in [-0.1, -0.05) is 24.3 Å². The summed E-state index contributed by atoms with van der Waals surface area (Å²) in [4.78, 5) is 9.22. The number of benzene rings is 1. The fourth-order valence-electron chi connectivity index (χ4n) is 2.91. The number of hydrogen-bond donors (Lipinski definition) is 1. The molecular formula is C18H24N4. The van der Waals surface area contributed by atoms with Gasteiger partial charge in [0.1, 0.15) is 5.82 Å². The topological polar surface area (TPSA) is 31.4 Å². The van der Waals surface area contributed by atoms with E-state index in [4.69, 9.17) is 0 Å². The van der Waals surface area contributed by atoms with Gasteiger partial charge in [-0.15, -0.1) is 0 Å². The Morgan fingerprint density at radius 3 is 2.73 bits per heavy atom. The molecule has 1 aromatic heterocycles. The fourth-order valence-corrected chi connectivity index (χ4v) is 2.91. The van der Waals surface area contributed by atoms with E-state index in [-0.39, 0.29) is 0 Å². The predicted molar refractivity (Wildman–Crippen MR) is 91.5 cm³/mol. The van der Waals surface area contributed by atoms with Crippen LogP contribution in [0.2, 0.25) is 0 Å². The number of anilines is 2. The molecule has 3 rings (SSSR count). The van der Waals surface area contributed by atoms with E-state index in [1.54, 1.807) is 0 Å². The minimum absolute atomic E-state index is 0.574. The lowest BCUT2D eigenvalue weighted by Crippen LogP contribution is -2.48. The molecule has 1 fully saturated rings. The Bertz CT molecular complexity index is 582. The van der Waals surface area contributed by atoms with E-state index >= 15 is 0 Å². The number of nitrogens with one attached hydrogen (secondary N) is 1. The Kier molecular flexibility index (Phi) is 4.71. The summed E-state index contributed by atoms with van der Waals surface area (Å²) in [5.41, 5.74) is 2.43. The van der Waals surface area contributed by atoms with Crippen molar-refractivity contribution in [2.24, 2.45) is 0 Å². The summed E-state index contributed by atoms with van der Waals surface area (Å²) in [6, 6.07) is 15.2. The number of para-hydroxylation sites is 1. The molecule has 2 aromatic rings. The van der Waals surface area contributed by atoms with Crippen molar-refractivity contribution in [1.82, 2.24) is 15.2 Å². The first-order valence-electron chi connectivity index (χ1n) is 7.92. The van der Waals surface area contributed by atoms with E-state index in [1.165, 1.54) is 5.56 Å². The first kappa shape index (κ1) is 15.0. The van der Waals surface area contributed by atoms with E-state index < -0.39 is 0 Å². The summed E-state index contributed by atoms with van der Waals surface area (Å²) in [7, 11) is 2.05. The molecule has 0 aliphatic carbocycles. The molecule has 1 saturated heterocycles. The van der Waals surface area contributed by atoms with E-state index in [1.807, 2.05) is 24.4 Å². The van der Waals surface area contributed by atoms with Crippen molar-refractivity contribution in [2.75, 3.05) is 31.6 Å². The van der Waals surface area contributed by atoms with Crippen LogP contribution in [0, 0.1) is 0 Å². The molecule has 2 heterocycles. The molecule has 0 amide bonds. The molecule has 0 unspecified atom stereocenters. The maximum atomic E-state index is 4.62. The van der Waals surface area contributed by atoms with Crippen LogP contribution in [0.15, 0.2) is 48.7 Å². The second-order valence-corrected chi connectivity index (χ2v) is 6.01. The average molecular weight is 296 g/mol. The highest BCUT2D eigenvalue weighted by atomic mass is 15.2. The monoisotopic (exact) mass is 296 g/mol. The summed E-state index contributed by atoms with van der Waals surface area (Å²) in [5.74, 6) is 0.976. The van der Waals surface area contributed by atoms with Gasteiger partial charge in [0.15, 0.2) is 0 Å². The molecule has 0 spiro atoms. The third kappa shape index (κ3) is 3.64. The Labute approximate surface area is 132 Å². The summed E-state index contributed by atoms with van der Waals surface area (Å²) in [6.07, 6.45) is 2.00.